The third-order valence-electron chi connectivity index (χ3n) is 2.63. The molecule has 0 aromatic heterocycles. The summed E-state index contributed by atoms with van der Waals surface area (Å²) in [5.74, 6) is -27.1. The molecule has 0 aliphatic carbocycles. The summed E-state index contributed by atoms with van der Waals surface area (Å²) in [7, 11) is 0. The van der Waals surface area contributed by atoms with E-state index >= 15 is 0 Å². The summed E-state index contributed by atoms with van der Waals surface area (Å²) in [5, 5.41) is 0. The molecule has 1 saturated heterocycles. The van der Waals surface area contributed by atoms with Gasteiger partial charge in [-0.15, -0.1) is 0 Å². The standard InChI is InChI=1S/C8H4F12O2/c9-3(10,4(11,12)7(15,16)17)6(21-1-2-22-6)5(13,14)8(18,19)20/h1-2H2. The number of ether oxygens (including phenoxy) is 2. The van der Waals surface area contributed by atoms with E-state index in [1.165, 1.54) is 0 Å². The summed E-state index contributed by atoms with van der Waals surface area (Å²) in [5.41, 5.74) is 0. The zero-order valence-corrected chi connectivity index (χ0v) is 9.77. The van der Waals surface area contributed by atoms with Gasteiger partial charge in [-0.2, -0.15) is 52.7 Å². The van der Waals surface area contributed by atoms with Gasteiger partial charge >= 0.3 is 35.9 Å². The minimum Gasteiger partial charge on any atom is -0.337 e. The molecule has 0 aromatic rings. The molecule has 0 spiro atoms. The van der Waals surface area contributed by atoms with E-state index in [0.717, 1.165) is 0 Å². The molecule has 0 aromatic carbocycles. The molecular weight excluding hydrogens is 356 g/mol. The molecule has 1 rings (SSSR count). The van der Waals surface area contributed by atoms with E-state index in [2.05, 4.69) is 9.47 Å². The fraction of sp³-hybridized carbons (Fsp3) is 1.00. The molecule has 22 heavy (non-hydrogen) atoms. The largest absolute Gasteiger partial charge is 0.460 e. The normalized spacial score (nSPS) is 21.3. The van der Waals surface area contributed by atoms with Gasteiger partial charge in [-0.05, 0) is 0 Å². The van der Waals surface area contributed by atoms with Crippen molar-refractivity contribution in [3.8, 4) is 0 Å². The molecule has 0 unspecified atom stereocenters. The first-order chi connectivity index (χ1) is 9.46. The second kappa shape index (κ2) is 4.79. The lowest BCUT2D eigenvalue weighted by molar-refractivity contribution is -0.482. The van der Waals surface area contributed by atoms with E-state index in [9.17, 15) is 52.7 Å². The Kier molecular flexibility index (Phi) is 4.16. The lowest BCUT2D eigenvalue weighted by Crippen LogP contribution is -2.73. The maximum Gasteiger partial charge on any atom is 0.460 e. The van der Waals surface area contributed by atoms with Crippen LogP contribution in [0.25, 0.3) is 0 Å². The van der Waals surface area contributed by atoms with Crippen LogP contribution in [0.3, 0.4) is 0 Å². The van der Waals surface area contributed by atoms with E-state index in [-0.39, 0.29) is 0 Å². The molecule has 2 nitrogen and oxygen atoms in total. The Morgan fingerprint density at radius 1 is 0.545 bits per heavy atom. The molecule has 1 heterocycles. The van der Waals surface area contributed by atoms with Crippen LogP contribution in [-0.2, 0) is 9.47 Å². The van der Waals surface area contributed by atoms with Crippen molar-refractivity contribution in [1.82, 2.24) is 0 Å². The summed E-state index contributed by atoms with van der Waals surface area (Å²) in [6, 6.07) is 0. The summed E-state index contributed by atoms with van der Waals surface area (Å²) >= 11 is 0. The van der Waals surface area contributed by atoms with Gasteiger partial charge in [0.25, 0.3) is 0 Å². The lowest BCUT2D eigenvalue weighted by atomic mass is 9.94. The Labute approximate surface area is 113 Å². The zero-order valence-electron chi connectivity index (χ0n) is 9.77. The van der Waals surface area contributed by atoms with Crippen LogP contribution in [0.15, 0.2) is 0 Å². The summed E-state index contributed by atoms with van der Waals surface area (Å²) < 4.78 is 158. The first-order valence-electron chi connectivity index (χ1n) is 5.00. The van der Waals surface area contributed by atoms with Gasteiger partial charge in [-0.3, -0.25) is 0 Å². The highest BCUT2D eigenvalue weighted by Gasteiger charge is 2.91. The number of halogens is 12. The lowest BCUT2D eigenvalue weighted by Gasteiger charge is -2.43. The fourth-order valence-electron chi connectivity index (χ4n) is 1.54. The van der Waals surface area contributed by atoms with Crippen molar-refractivity contribution in [1.29, 1.82) is 0 Å². The minimum absolute atomic E-state index is 1.48. The number of hydrogen-bond acceptors (Lipinski definition) is 2. The van der Waals surface area contributed by atoms with Gasteiger partial charge in [-0.1, -0.05) is 0 Å². The Hall–Kier alpha value is -0.920. The van der Waals surface area contributed by atoms with Crippen molar-refractivity contribution in [2.45, 2.75) is 35.9 Å². The van der Waals surface area contributed by atoms with Gasteiger partial charge in [0, 0.05) is 0 Å². The first-order valence-corrected chi connectivity index (χ1v) is 5.00. The Morgan fingerprint density at radius 3 is 1.18 bits per heavy atom. The van der Waals surface area contributed by atoms with E-state index in [1.807, 2.05) is 0 Å². The van der Waals surface area contributed by atoms with Crippen LogP contribution in [0.1, 0.15) is 0 Å². The molecule has 1 aliphatic heterocycles. The number of hydrogen-bond donors (Lipinski definition) is 0. The maximum atomic E-state index is 13.4. The second-order valence-corrected chi connectivity index (χ2v) is 4.03. The van der Waals surface area contributed by atoms with Crippen LogP contribution < -0.4 is 0 Å². The maximum absolute atomic E-state index is 13.4. The summed E-state index contributed by atoms with van der Waals surface area (Å²) in [6.07, 6.45) is -14.1. The topological polar surface area (TPSA) is 18.5 Å². The predicted molar refractivity (Wildman–Crippen MR) is 41.6 cm³/mol. The minimum atomic E-state index is -7.28. The smallest absolute Gasteiger partial charge is 0.337 e. The van der Waals surface area contributed by atoms with E-state index in [0.29, 0.717) is 0 Å². The van der Waals surface area contributed by atoms with Crippen molar-refractivity contribution in [2.24, 2.45) is 0 Å². The monoisotopic (exact) mass is 360 g/mol. The highest BCUT2D eigenvalue weighted by atomic mass is 19.4. The van der Waals surface area contributed by atoms with Crippen LogP contribution in [0.5, 0.6) is 0 Å². The Bertz CT molecular complexity index is 416. The molecule has 14 heteroatoms. The van der Waals surface area contributed by atoms with Crippen molar-refractivity contribution in [3.63, 3.8) is 0 Å². The Morgan fingerprint density at radius 2 is 0.909 bits per heavy atom. The van der Waals surface area contributed by atoms with Crippen molar-refractivity contribution < 1.29 is 62.2 Å². The predicted octanol–water partition coefficient (Wildman–Crippen LogP) is 3.76. The molecule has 132 valence electrons. The van der Waals surface area contributed by atoms with E-state index < -0.39 is 49.1 Å². The van der Waals surface area contributed by atoms with Crippen LogP contribution in [0, 0.1) is 0 Å². The highest BCUT2D eigenvalue weighted by molar-refractivity contribution is 5.10. The molecule has 1 aliphatic rings. The molecule has 0 saturated carbocycles. The highest BCUT2D eigenvalue weighted by Crippen LogP contribution is 2.60. The van der Waals surface area contributed by atoms with E-state index in [4.69, 9.17) is 0 Å². The summed E-state index contributed by atoms with van der Waals surface area (Å²) in [4.78, 5) is 0. The molecule has 1 fully saturated rings. The van der Waals surface area contributed by atoms with Crippen molar-refractivity contribution in [3.05, 3.63) is 0 Å². The van der Waals surface area contributed by atoms with E-state index in [1.54, 1.807) is 0 Å². The van der Waals surface area contributed by atoms with Gasteiger partial charge in [0.15, 0.2) is 0 Å². The zero-order chi connectivity index (χ0) is 17.8. The van der Waals surface area contributed by atoms with Crippen molar-refractivity contribution >= 4 is 0 Å². The first kappa shape index (κ1) is 19.1. The quantitative estimate of drug-likeness (QED) is 0.714. The number of alkyl halides is 12. The van der Waals surface area contributed by atoms with Crippen LogP contribution in [-0.4, -0.2) is 49.1 Å². The molecule has 0 radical (unpaired) electrons. The Balaban J connectivity index is 3.56. The van der Waals surface area contributed by atoms with Gasteiger partial charge < -0.3 is 9.47 Å². The van der Waals surface area contributed by atoms with Crippen LogP contribution in [0.2, 0.25) is 0 Å². The van der Waals surface area contributed by atoms with Gasteiger partial charge in [0.2, 0.25) is 0 Å². The van der Waals surface area contributed by atoms with Crippen LogP contribution >= 0.6 is 0 Å². The number of rotatable bonds is 3. The van der Waals surface area contributed by atoms with Crippen LogP contribution in [0.4, 0.5) is 52.7 Å². The molecule has 0 amide bonds. The second-order valence-electron chi connectivity index (χ2n) is 4.03. The van der Waals surface area contributed by atoms with Gasteiger partial charge in [0.1, 0.15) is 0 Å². The van der Waals surface area contributed by atoms with Gasteiger partial charge in [0.05, 0.1) is 13.2 Å². The molecule has 0 atom stereocenters. The third kappa shape index (κ3) is 2.21. The summed E-state index contributed by atoms with van der Waals surface area (Å²) in [6.45, 7) is -2.95. The average molecular weight is 360 g/mol. The third-order valence-corrected chi connectivity index (χ3v) is 2.63. The average Bonchev–Trinajstić information content (AvgIpc) is 2.76. The molecule has 0 bridgehead atoms. The molecular formula is C8H4F12O2. The van der Waals surface area contributed by atoms with Crippen molar-refractivity contribution in [2.75, 3.05) is 13.2 Å². The van der Waals surface area contributed by atoms with Gasteiger partial charge in [-0.25, -0.2) is 0 Å². The SMILES string of the molecule is FC(F)(F)C(F)(F)C(F)(F)C1(C(F)(F)C(F)(F)F)OCCO1. The molecule has 0 N–H and O–H groups in total. The fourth-order valence-corrected chi connectivity index (χ4v) is 1.54.